The molecule has 0 saturated heterocycles. The monoisotopic (exact) mass is 420 g/mol. The van der Waals surface area contributed by atoms with Gasteiger partial charge in [-0.2, -0.15) is 0 Å². The molecule has 0 aliphatic heterocycles. The van der Waals surface area contributed by atoms with Crippen molar-refractivity contribution < 1.29 is 19.1 Å². The SMILES string of the molecule is O=C(COC(=O)c1ccccn1)Nc1sc2c(c1C(=O)c1ccccc1)CCCC2. The van der Waals surface area contributed by atoms with Crippen molar-refractivity contribution in [2.45, 2.75) is 25.7 Å². The van der Waals surface area contributed by atoms with Crippen molar-refractivity contribution in [1.82, 2.24) is 4.98 Å². The molecule has 0 atom stereocenters. The molecule has 1 aliphatic rings. The fourth-order valence-electron chi connectivity index (χ4n) is 3.48. The number of esters is 1. The number of thiophene rings is 1. The molecular formula is C23H20N2O4S. The highest BCUT2D eigenvalue weighted by Crippen LogP contribution is 2.39. The molecule has 0 fully saturated rings. The summed E-state index contributed by atoms with van der Waals surface area (Å²) in [5.74, 6) is -1.26. The lowest BCUT2D eigenvalue weighted by Gasteiger charge is -2.12. The number of pyridine rings is 1. The minimum Gasteiger partial charge on any atom is -0.451 e. The van der Waals surface area contributed by atoms with Crippen molar-refractivity contribution in [2.24, 2.45) is 0 Å². The van der Waals surface area contributed by atoms with E-state index in [1.54, 1.807) is 24.3 Å². The maximum absolute atomic E-state index is 13.2. The van der Waals surface area contributed by atoms with E-state index in [0.29, 0.717) is 16.1 Å². The van der Waals surface area contributed by atoms with Gasteiger partial charge in [0.2, 0.25) is 0 Å². The smallest absolute Gasteiger partial charge is 0.357 e. The number of carbonyl (C=O) groups is 3. The zero-order chi connectivity index (χ0) is 20.9. The van der Waals surface area contributed by atoms with E-state index < -0.39 is 18.5 Å². The van der Waals surface area contributed by atoms with Crippen LogP contribution in [0.5, 0.6) is 0 Å². The Kier molecular flexibility index (Phi) is 5.99. The molecule has 6 nitrogen and oxygen atoms in total. The molecule has 4 rings (SSSR count). The molecule has 0 saturated carbocycles. The number of aryl methyl sites for hydroxylation is 1. The Morgan fingerprint density at radius 3 is 2.53 bits per heavy atom. The number of ketones is 1. The van der Waals surface area contributed by atoms with Crippen LogP contribution in [0.25, 0.3) is 0 Å². The van der Waals surface area contributed by atoms with Crippen LogP contribution in [0.1, 0.15) is 49.7 Å². The van der Waals surface area contributed by atoms with Crippen LogP contribution < -0.4 is 5.32 Å². The number of rotatable bonds is 6. The average Bonchev–Trinajstić information content (AvgIpc) is 3.15. The Morgan fingerprint density at radius 1 is 1.00 bits per heavy atom. The van der Waals surface area contributed by atoms with Gasteiger partial charge >= 0.3 is 5.97 Å². The van der Waals surface area contributed by atoms with Crippen molar-refractivity contribution in [1.29, 1.82) is 0 Å². The number of carbonyl (C=O) groups excluding carboxylic acids is 3. The summed E-state index contributed by atoms with van der Waals surface area (Å²) < 4.78 is 5.06. The van der Waals surface area contributed by atoms with Gasteiger partial charge in [0.1, 0.15) is 10.7 Å². The highest BCUT2D eigenvalue weighted by Gasteiger charge is 2.27. The minimum absolute atomic E-state index is 0.101. The van der Waals surface area contributed by atoms with E-state index in [1.165, 1.54) is 23.6 Å². The predicted molar refractivity (Wildman–Crippen MR) is 114 cm³/mol. The lowest BCUT2D eigenvalue weighted by Crippen LogP contribution is -2.22. The number of aromatic nitrogens is 1. The van der Waals surface area contributed by atoms with E-state index in [4.69, 9.17) is 4.74 Å². The number of ether oxygens (including phenoxy) is 1. The summed E-state index contributed by atoms with van der Waals surface area (Å²) in [5, 5.41) is 3.31. The summed E-state index contributed by atoms with van der Waals surface area (Å²) in [4.78, 5) is 42.7. The van der Waals surface area contributed by atoms with E-state index in [9.17, 15) is 14.4 Å². The van der Waals surface area contributed by atoms with Gasteiger partial charge in [0.15, 0.2) is 12.4 Å². The highest BCUT2D eigenvalue weighted by molar-refractivity contribution is 7.17. The number of hydrogen-bond donors (Lipinski definition) is 1. The second kappa shape index (κ2) is 9.00. The fraction of sp³-hybridized carbons (Fsp3) is 0.217. The highest BCUT2D eigenvalue weighted by atomic mass is 32.1. The number of anilines is 1. The van der Waals surface area contributed by atoms with Gasteiger partial charge in [0.25, 0.3) is 5.91 Å². The molecule has 0 radical (unpaired) electrons. The van der Waals surface area contributed by atoms with Gasteiger partial charge in [-0.1, -0.05) is 36.4 Å². The van der Waals surface area contributed by atoms with E-state index in [2.05, 4.69) is 10.3 Å². The molecule has 1 amide bonds. The number of fused-ring (bicyclic) bond motifs is 1. The molecule has 2 aromatic heterocycles. The third kappa shape index (κ3) is 4.31. The first kappa shape index (κ1) is 20.0. The molecular weight excluding hydrogens is 400 g/mol. The normalized spacial score (nSPS) is 12.7. The zero-order valence-electron chi connectivity index (χ0n) is 16.2. The maximum Gasteiger partial charge on any atom is 0.357 e. The van der Waals surface area contributed by atoms with Crippen LogP contribution in [0.4, 0.5) is 5.00 Å². The standard InChI is InChI=1S/C23H20N2O4S/c26-19(14-29-23(28)17-11-6-7-13-24-17)25-22-20(16-10-4-5-12-18(16)30-22)21(27)15-8-2-1-3-9-15/h1-3,6-9,11,13H,4-5,10,12,14H2,(H,25,26). The molecule has 2 heterocycles. The number of amides is 1. The first-order chi connectivity index (χ1) is 14.6. The van der Waals surface area contributed by atoms with Crippen molar-refractivity contribution in [3.63, 3.8) is 0 Å². The molecule has 30 heavy (non-hydrogen) atoms. The van der Waals surface area contributed by atoms with Gasteiger partial charge in [-0.3, -0.25) is 9.59 Å². The summed E-state index contributed by atoms with van der Waals surface area (Å²) >= 11 is 1.44. The number of nitrogens with one attached hydrogen (secondary N) is 1. The Morgan fingerprint density at radius 2 is 1.77 bits per heavy atom. The molecule has 7 heteroatoms. The van der Waals surface area contributed by atoms with Gasteiger partial charge in [-0.15, -0.1) is 11.3 Å². The largest absolute Gasteiger partial charge is 0.451 e. The molecule has 0 unspecified atom stereocenters. The lowest BCUT2D eigenvalue weighted by molar-refractivity contribution is -0.119. The summed E-state index contributed by atoms with van der Waals surface area (Å²) in [7, 11) is 0. The van der Waals surface area contributed by atoms with Crippen LogP contribution in [-0.2, 0) is 22.4 Å². The summed E-state index contributed by atoms with van der Waals surface area (Å²) in [6.45, 7) is -0.447. The van der Waals surface area contributed by atoms with Gasteiger partial charge in [-0.05, 0) is 43.4 Å². The fourth-order valence-corrected chi connectivity index (χ4v) is 4.78. The van der Waals surface area contributed by atoms with Crippen LogP contribution >= 0.6 is 11.3 Å². The van der Waals surface area contributed by atoms with Gasteiger partial charge in [0, 0.05) is 16.6 Å². The van der Waals surface area contributed by atoms with Crippen LogP contribution in [-0.4, -0.2) is 29.3 Å². The second-order valence-electron chi connectivity index (χ2n) is 6.95. The molecule has 1 aliphatic carbocycles. The summed E-state index contributed by atoms with van der Waals surface area (Å²) in [6.07, 6.45) is 5.30. The van der Waals surface area contributed by atoms with E-state index in [-0.39, 0.29) is 11.5 Å². The number of nitrogens with zero attached hydrogens (tertiary/aromatic N) is 1. The quantitative estimate of drug-likeness (QED) is 0.480. The second-order valence-corrected chi connectivity index (χ2v) is 8.05. The first-order valence-electron chi connectivity index (χ1n) is 9.76. The van der Waals surface area contributed by atoms with Gasteiger partial charge < -0.3 is 10.1 Å². The summed E-state index contributed by atoms with van der Waals surface area (Å²) in [6, 6.07) is 13.9. The molecule has 0 spiro atoms. The maximum atomic E-state index is 13.2. The molecule has 152 valence electrons. The van der Waals surface area contributed by atoms with Crippen LogP contribution in [0.15, 0.2) is 54.7 Å². The van der Waals surface area contributed by atoms with E-state index in [0.717, 1.165) is 36.1 Å². The Bertz CT molecular complexity index is 1080. The first-order valence-corrected chi connectivity index (χ1v) is 10.6. The van der Waals surface area contributed by atoms with Crippen molar-refractivity contribution in [3.05, 3.63) is 82.0 Å². The average molecular weight is 420 g/mol. The summed E-state index contributed by atoms with van der Waals surface area (Å²) in [5.41, 5.74) is 2.31. The van der Waals surface area contributed by atoms with E-state index >= 15 is 0 Å². The molecule has 1 aromatic carbocycles. The Labute approximate surface area is 177 Å². The van der Waals surface area contributed by atoms with Crippen molar-refractivity contribution in [2.75, 3.05) is 11.9 Å². The third-order valence-corrected chi connectivity index (χ3v) is 6.10. The van der Waals surface area contributed by atoms with E-state index in [1.807, 2.05) is 18.2 Å². The van der Waals surface area contributed by atoms with Crippen LogP contribution in [0.2, 0.25) is 0 Å². The topological polar surface area (TPSA) is 85.4 Å². The molecule has 3 aromatic rings. The lowest BCUT2D eigenvalue weighted by atomic mass is 9.92. The van der Waals surface area contributed by atoms with Crippen molar-refractivity contribution in [3.8, 4) is 0 Å². The Hall–Kier alpha value is -3.32. The molecule has 1 N–H and O–H groups in total. The third-order valence-electron chi connectivity index (χ3n) is 4.90. The van der Waals surface area contributed by atoms with Gasteiger partial charge in [-0.25, -0.2) is 9.78 Å². The van der Waals surface area contributed by atoms with Gasteiger partial charge in [0.05, 0.1) is 5.56 Å². The van der Waals surface area contributed by atoms with Crippen molar-refractivity contribution >= 4 is 34.0 Å². The zero-order valence-corrected chi connectivity index (χ0v) is 17.0. The predicted octanol–water partition coefficient (Wildman–Crippen LogP) is 4.05. The number of hydrogen-bond acceptors (Lipinski definition) is 6. The Balaban J connectivity index is 1.52. The van der Waals surface area contributed by atoms with Crippen LogP contribution in [0, 0.1) is 0 Å². The minimum atomic E-state index is -0.670. The molecule has 0 bridgehead atoms. The number of benzene rings is 1. The van der Waals surface area contributed by atoms with Crippen LogP contribution in [0.3, 0.4) is 0 Å².